The highest BCUT2D eigenvalue weighted by molar-refractivity contribution is 6.14. The van der Waals surface area contributed by atoms with Crippen LogP contribution in [-0.4, -0.2) is 29.7 Å². The lowest BCUT2D eigenvalue weighted by atomic mass is 10.1. The Hall–Kier alpha value is -2.14. The predicted molar refractivity (Wildman–Crippen MR) is 100 cm³/mol. The molecule has 0 amide bonds. The highest BCUT2D eigenvalue weighted by Gasteiger charge is 2.28. The van der Waals surface area contributed by atoms with Crippen LogP contribution >= 0.6 is 0 Å². The summed E-state index contributed by atoms with van der Waals surface area (Å²) < 4.78 is 16.2. The Morgan fingerprint density at radius 2 is 1.38 bits per heavy atom. The van der Waals surface area contributed by atoms with Crippen molar-refractivity contribution in [3.63, 3.8) is 0 Å². The van der Waals surface area contributed by atoms with Crippen molar-refractivity contribution in [2.75, 3.05) is 6.61 Å². The molecule has 0 fully saturated rings. The second-order valence-corrected chi connectivity index (χ2v) is 7.95. The molecular formula is C21H30O5. The van der Waals surface area contributed by atoms with E-state index in [2.05, 4.69) is 0 Å². The van der Waals surface area contributed by atoms with Gasteiger partial charge in [-0.15, -0.1) is 0 Å². The summed E-state index contributed by atoms with van der Waals surface area (Å²) in [4.78, 5) is 24.7. The third kappa shape index (κ3) is 9.37. The zero-order valence-electron chi connectivity index (χ0n) is 16.6. The number of hydrogen-bond acceptors (Lipinski definition) is 5. The topological polar surface area (TPSA) is 61.8 Å². The van der Waals surface area contributed by atoms with Crippen LogP contribution in [0.4, 0.5) is 0 Å². The molecule has 0 aliphatic heterocycles. The third-order valence-corrected chi connectivity index (χ3v) is 2.96. The fraction of sp³-hybridized carbons (Fsp3) is 0.524. The van der Waals surface area contributed by atoms with Gasteiger partial charge in [-0.25, -0.2) is 9.59 Å². The van der Waals surface area contributed by atoms with E-state index in [0.717, 1.165) is 5.56 Å². The van der Waals surface area contributed by atoms with Crippen molar-refractivity contribution < 1.29 is 23.8 Å². The van der Waals surface area contributed by atoms with Crippen molar-refractivity contribution >= 4 is 11.9 Å². The molecule has 0 heterocycles. The smallest absolute Gasteiger partial charge is 0.345 e. The molecule has 0 radical (unpaired) electrons. The predicted octanol–water partition coefficient (Wildman–Crippen LogP) is 4.20. The molecule has 0 saturated carbocycles. The zero-order valence-corrected chi connectivity index (χ0v) is 16.6. The second-order valence-electron chi connectivity index (χ2n) is 7.95. The molecule has 5 heteroatoms. The van der Waals surface area contributed by atoms with Crippen LogP contribution in [-0.2, 0) is 30.4 Å². The highest BCUT2D eigenvalue weighted by atomic mass is 16.6. The van der Waals surface area contributed by atoms with Crippen molar-refractivity contribution in [2.24, 2.45) is 0 Å². The molecule has 0 aliphatic rings. The van der Waals surface area contributed by atoms with Crippen LogP contribution in [0.1, 0.15) is 53.5 Å². The van der Waals surface area contributed by atoms with Gasteiger partial charge in [-0.3, -0.25) is 0 Å². The Bertz CT molecular complexity index is 588. The first-order chi connectivity index (χ1) is 12.0. The molecule has 0 N–H and O–H groups in total. The Morgan fingerprint density at radius 1 is 0.885 bits per heavy atom. The van der Waals surface area contributed by atoms with E-state index < -0.39 is 23.1 Å². The molecule has 5 nitrogen and oxygen atoms in total. The Labute approximate surface area is 156 Å². The summed E-state index contributed by atoms with van der Waals surface area (Å²) in [5.41, 5.74) is -0.418. The normalized spacial score (nSPS) is 11.6. The van der Waals surface area contributed by atoms with E-state index in [1.165, 1.54) is 6.08 Å². The van der Waals surface area contributed by atoms with Gasteiger partial charge in [0.25, 0.3) is 0 Å². The van der Waals surface area contributed by atoms with Crippen molar-refractivity contribution in [1.82, 2.24) is 0 Å². The Balaban J connectivity index is 2.68. The molecule has 0 unspecified atom stereocenters. The van der Waals surface area contributed by atoms with E-state index in [1.54, 1.807) is 41.5 Å². The molecule has 1 aromatic rings. The van der Waals surface area contributed by atoms with Gasteiger partial charge in [0.1, 0.15) is 16.8 Å². The first-order valence-corrected chi connectivity index (χ1v) is 8.76. The van der Waals surface area contributed by atoms with Gasteiger partial charge in [-0.2, -0.15) is 0 Å². The molecule has 1 aromatic carbocycles. The quantitative estimate of drug-likeness (QED) is 0.239. The number of benzene rings is 1. The van der Waals surface area contributed by atoms with Gasteiger partial charge in [0.05, 0.1) is 13.2 Å². The van der Waals surface area contributed by atoms with Crippen molar-refractivity contribution in [3.05, 3.63) is 47.5 Å². The van der Waals surface area contributed by atoms with Gasteiger partial charge in [-0.05, 0) is 53.5 Å². The maximum absolute atomic E-state index is 12.3. The molecule has 0 aliphatic carbocycles. The summed E-state index contributed by atoms with van der Waals surface area (Å²) in [6.07, 6.45) is 1.92. The molecule has 0 atom stereocenters. The number of hydrogen-bond donors (Lipinski definition) is 0. The van der Waals surface area contributed by atoms with Crippen LogP contribution in [0.3, 0.4) is 0 Å². The Kier molecular flexibility index (Phi) is 8.03. The molecule has 1 rings (SSSR count). The lowest BCUT2D eigenvalue weighted by Gasteiger charge is -2.23. The maximum atomic E-state index is 12.3. The van der Waals surface area contributed by atoms with Gasteiger partial charge in [0, 0.05) is 0 Å². The molecular weight excluding hydrogens is 332 g/mol. The SMILES string of the molecule is CC(C)(C)OC(=O)C(=CCCOCc1ccccc1)C(=O)OC(C)(C)C. The lowest BCUT2D eigenvalue weighted by Crippen LogP contribution is -2.31. The minimum atomic E-state index is -0.692. The summed E-state index contributed by atoms with van der Waals surface area (Å²) >= 11 is 0. The number of esters is 2. The number of carbonyl (C=O) groups excluding carboxylic acids is 2. The van der Waals surface area contributed by atoms with Crippen LogP contribution in [0.15, 0.2) is 42.0 Å². The summed E-state index contributed by atoms with van der Waals surface area (Å²) in [5, 5.41) is 0. The summed E-state index contributed by atoms with van der Waals surface area (Å²) in [5.74, 6) is -1.37. The van der Waals surface area contributed by atoms with Crippen LogP contribution in [0.2, 0.25) is 0 Å². The van der Waals surface area contributed by atoms with Crippen LogP contribution in [0.25, 0.3) is 0 Å². The average molecular weight is 362 g/mol. The summed E-state index contributed by atoms with van der Waals surface area (Å²) in [6, 6.07) is 9.79. The van der Waals surface area contributed by atoms with E-state index in [4.69, 9.17) is 14.2 Å². The average Bonchev–Trinajstić information content (AvgIpc) is 2.48. The number of carbonyl (C=O) groups is 2. The minimum Gasteiger partial charge on any atom is -0.456 e. The van der Waals surface area contributed by atoms with Crippen LogP contribution in [0, 0.1) is 0 Å². The molecule has 0 spiro atoms. The monoisotopic (exact) mass is 362 g/mol. The van der Waals surface area contributed by atoms with Gasteiger partial charge in [0.15, 0.2) is 0 Å². The van der Waals surface area contributed by atoms with Gasteiger partial charge in [-0.1, -0.05) is 36.4 Å². The fourth-order valence-electron chi connectivity index (χ4n) is 1.97. The lowest BCUT2D eigenvalue weighted by molar-refractivity contribution is -0.158. The van der Waals surface area contributed by atoms with Gasteiger partial charge in [0.2, 0.25) is 0 Å². The third-order valence-electron chi connectivity index (χ3n) is 2.96. The van der Waals surface area contributed by atoms with Gasteiger partial charge < -0.3 is 14.2 Å². The number of ether oxygens (including phenoxy) is 3. The Morgan fingerprint density at radius 3 is 1.85 bits per heavy atom. The van der Waals surface area contributed by atoms with Crippen LogP contribution in [0.5, 0.6) is 0 Å². The fourth-order valence-corrected chi connectivity index (χ4v) is 1.97. The highest BCUT2D eigenvalue weighted by Crippen LogP contribution is 2.16. The largest absolute Gasteiger partial charge is 0.456 e. The molecule has 0 aromatic heterocycles. The van der Waals surface area contributed by atoms with Crippen LogP contribution < -0.4 is 0 Å². The van der Waals surface area contributed by atoms with Crippen molar-refractivity contribution in [1.29, 1.82) is 0 Å². The van der Waals surface area contributed by atoms with Crippen molar-refractivity contribution in [2.45, 2.75) is 65.8 Å². The van der Waals surface area contributed by atoms with E-state index in [9.17, 15) is 9.59 Å². The number of rotatable bonds is 7. The van der Waals surface area contributed by atoms with Crippen molar-refractivity contribution in [3.8, 4) is 0 Å². The molecule has 0 saturated heterocycles. The van der Waals surface area contributed by atoms with E-state index in [-0.39, 0.29) is 5.57 Å². The molecule has 0 bridgehead atoms. The molecule has 144 valence electrons. The summed E-state index contributed by atoms with van der Waals surface area (Å²) in [6.45, 7) is 11.4. The first-order valence-electron chi connectivity index (χ1n) is 8.76. The van der Waals surface area contributed by atoms with E-state index in [0.29, 0.717) is 19.6 Å². The van der Waals surface area contributed by atoms with Gasteiger partial charge >= 0.3 is 11.9 Å². The first kappa shape index (κ1) is 21.9. The zero-order chi connectivity index (χ0) is 19.8. The second kappa shape index (κ2) is 9.53. The molecule has 26 heavy (non-hydrogen) atoms. The van der Waals surface area contributed by atoms with E-state index >= 15 is 0 Å². The maximum Gasteiger partial charge on any atom is 0.345 e. The standard InChI is InChI=1S/C21H30O5/c1-20(2,3)25-18(22)17(19(23)26-21(4,5)6)13-10-14-24-15-16-11-8-7-9-12-16/h7-9,11-13H,10,14-15H2,1-6H3. The van der Waals surface area contributed by atoms with E-state index in [1.807, 2.05) is 30.3 Å². The summed E-state index contributed by atoms with van der Waals surface area (Å²) in [7, 11) is 0. The minimum absolute atomic E-state index is 0.0989.